The van der Waals surface area contributed by atoms with Gasteiger partial charge in [0.15, 0.2) is 11.5 Å². The van der Waals surface area contributed by atoms with Gasteiger partial charge in [-0.15, -0.1) is 0 Å². The van der Waals surface area contributed by atoms with Gasteiger partial charge in [0.1, 0.15) is 0 Å². The van der Waals surface area contributed by atoms with E-state index in [9.17, 15) is 5.11 Å². The van der Waals surface area contributed by atoms with E-state index in [1.54, 1.807) is 14.2 Å². The fourth-order valence-electron chi connectivity index (χ4n) is 2.65. The summed E-state index contributed by atoms with van der Waals surface area (Å²) in [4.78, 5) is 0. The Morgan fingerprint density at radius 3 is 2.63 bits per heavy atom. The molecule has 106 valence electrons. The van der Waals surface area contributed by atoms with Gasteiger partial charge >= 0.3 is 0 Å². The molecule has 1 aromatic rings. The number of methoxy groups -OCH3 is 2. The molecular weight excluding hydrogens is 244 g/mol. The van der Waals surface area contributed by atoms with Gasteiger partial charge < -0.3 is 19.3 Å². The van der Waals surface area contributed by atoms with Crippen molar-refractivity contribution < 1.29 is 19.3 Å². The minimum absolute atomic E-state index is 0.134. The molecule has 0 radical (unpaired) electrons. The maximum atomic E-state index is 10.3. The van der Waals surface area contributed by atoms with Crippen LogP contribution in [0.2, 0.25) is 0 Å². The topological polar surface area (TPSA) is 47.9 Å². The number of rotatable bonds is 5. The van der Waals surface area contributed by atoms with Gasteiger partial charge in [-0.3, -0.25) is 0 Å². The largest absolute Gasteiger partial charge is 0.493 e. The normalized spacial score (nSPS) is 24.2. The van der Waals surface area contributed by atoms with Crippen LogP contribution in [0.25, 0.3) is 0 Å². The van der Waals surface area contributed by atoms with Crippen molar-refractivity contribution in [2.45, 2.75) is 32.0 Å². The van der Waals surface area contributed by atoms with Crippen LogP contribution in [-0.2, 0) is 11.2 Å². The van der Waals surface area contributed by atoms with E-state index in [-0.39, 0.29) is 18.1 Å². The van der Waals surface area contributed by atoms with Crippen molar-refractivity contribution in [3.8, 4) is 11.5 Å². The third kappa shape index (κ3) is 3.19. The first-order chi connectivity index (χ1) is 9.15. The van der Waals surface area contributed by atoms with E-state index in [0.717, 1.165) is 18.6 Å². The average molecular weight is 266 g/mol. The zero-order valence-corrected chi connectivity index (χ0v) is 11.8. The van der Waals surface area contributed by atoms with E-state index >= 15 is 0 Å². The highest BCUT2D eigenvalue weighted by atomic mass is 16.5. The first kappa shape index (κ1) is 14.2. The molecule has 0 saturated carbocycles. The molecule has 19 heavy (non-hydrogen) atoms. The Kier molecular flexibility index (Phi) is 4.66. The molecule has 1 aromatic carbocycles. The van der Waals surface area contributed by atoms with Gasteiger partial charge in [-0.2, -0.15) is 0 Å². The standard InChI is InChI=1S/C15H22O4/c1-10-12(6-7-19-10)13(16)8-11-4-5-14(17-2)15(9-11)18-3/h4-5,9-10,12-13,16H,6-8H2,1-3H3. The molecule has 1 heterocycles. The molecule has 0 bridgehead atoms. The maximum Gasteiger partial charge on any atom is 0.160 e. The van der Waals surface area contributed by atoms with Crippen LogP contribution in [0.5, 0.6) is 11.5 Å². The quantitative estimate of drug-likeness (QED) is 0.886. The molecular formula is C15H22O4. The Hall–Kier alpha value is -1.26. The first-order valence-electron chi connectivity index (χ1n) is 6.66. The summed E-state index contributed by atoms with van der Waals surface area (Å²) in [5.41, 5.74) is 1.05. The number of hydrogen-bond donors (Lipinski definition) is 1. The van der Waals surface area contributed by atoms with E-state index < -0.39 is 0 Å². The second-order valence-electron chi connectivity index (χ2n) is 4.99. The van der Waals surface area contributed by atoms with Crippen molar-refractivity contribution in [3.05, 3.63) is 23.8 Å². The van der Waals surface area contributed by atoms with Gasteiger partial charge in [-0.05, 0) is 37.5 Å². The van der Waals surface area contributed by atoms with Crippen molar-refractivity contribution in [1.29, 1.82) is 0 Å². The third-order valence-corrected chi connectivity index (χ3v) is 3.82. The van der Waals surface area contributed by atoms with Crippen molar-refractivity contribution in [1.82, 2.24) is 0 Å². The number of benzene rings is 1. The van der Waals surface area contributed by atoms with E-state index in [4.69, 9.17) is 14.2 Å². The van der Waals surface area contributed by atoms with Crippen molar-refractivity contribution in [3.63, 3.8) is 0 Å². The monoisotopic (exact) mass is 266 g/mol. The number of hydrogen-bond acceptors (Lipinski definition) is 4. The first-order valence-corrected chi connectivity index (χ1v) is 6.66. The summed E-state index contributed by atoms with van der Waals surface area (Å²) in [7, 11) is 3.23. The highest BCUT2D eigenvalue weighted by Crippen LogP contribution is 2.30. The number of ether oxygens (including phenoxy) is 3. The minimum Gasteiger partial charge on any atom is -0.493 e. The molecule has 1 N–H and O–H groups in total. The lowest BCUT2D eigenvalue weighted by atomic mass is 9.91. The van der Waals surface area contributed by atoms with Crippen LogP contribution in [0.3, 0.4) is 0 Å². The molecule has 1 aliphatic heterocycles. The zero-order chi connectivity index (χ0) is 13.8. The van der Waals surface area contributed by atoms with Gasteiger partial charge in [0, 0.05) is 12.5 Å². The SMILES string of the molecule is COc1ccc(CC(O)C2CCOC2C)cc1OC. The summed E-state index contributed by atoms with van der Waals surface area (Å²) in [6.45, 7) is 2.77. The summed E-state index contributed by atoms with van der Waals surface area (Å²) < 4.78 is 16.0. The number of aliphatic hydroxyl groups is 1. The summed E-state index contributed by atoms with van der Waals surface area (Å²) in [5, 5.41) is 10.3. The van der Waals surface area contributed by atoms with Crippen molar-refractivity contribution in [2.75, 3.05) is 20.8 Å². The Morgan fingerprint density at radius 1 is 1.32 bits per heavy atom. The Labute approximate surface area is 114 Å². The summed E-state index contributed by atoms with van der Waals surface area (Å²) >= 11 is 0. The van der Waals surface area contributed by atoms with Crippen LogP contribution in [0, 0.1) is 5.92 Å². The summed E-state index contributed by atoms with van der Waals surface area (Å²) in [5.74, 6) is 1.62. The molecule has 4 heteroatoms. The molecule has 0 amide bonds. The molecule has 1 aliphatic rings. The zero-order valence-electron chi connectivity index (χ0n) is 11.8. The van der Waals surface area contributed by atoms with Crippen LogP contribution in [0.1, 0.15) is 18.9 Å². The second kappa shape index (κ2) is 6.26. The lowest BCUT2D eigenvalue weighted by Crippen LogP contribution is -2.28. The molecule has 3 unspecified atom stereocenters. The van der Waals surface area contributed by atoms with Crippen LogP contribution in [0.15, 0.2) is 18.2 Å². The Bertz CT molecular complexity index is 419. The van der Waals surface area contributed by atoms with E-state index in [2.05, 4.69) is 0 Å². The van der Waals surface area contributed by atoms with Gasteiger partial charge in [0.25, 0.3) is 0 Å². The predicted molar refractivity (Wildman–Crippen MR) is 72.8 cm³/mol. The van der Waals surface area contributed by atoms with Crippen LogP contribution in [0.4, 0.5) is 0 Å². The minimum atomic E-state index is -0.379. The lowest BCUT2D eigenvalue weighted by Gasteiger charge is -2.21. The molecule has 2 rings (SSSR count). The highest BCUT2D eigenvalue weighted by Gasteiger charge is 2.30. The van der Waals surface area contributed by atoms with Gasteiger partial charge in [0.2, 0.25) is 0 Å². The van der Waals surface area contributed by atoms with Gasteiger partial charge in [-0.25, -0.2) is 0 Å². The van der Waals surface area contributed by atoms with E-state index in [1.165, 1.54) is 0 Å². The average Bonchev–Trinajstić information content (AvgIpc) is 2.85. The highest BCUT2D eigenvalue weighted by molar-refractivity contribution is 5.43. The van der Waals surface area contributed by atoms with E-state index in [0.29, 0.717) is 17.9 Å². The molecule has 3 atom stereocenters. The van der Waals surface area contributed by atoms with Gasteiger partial charge in [-0.1, -0.05) is 6.07 Å². The third-order valence-electron chi connectivity index (χ3n) is 3.82. The maximum absolute atomic E-state index is 10.3. The molecule has 0 spiro atoms. The second-order valence-corrected chi connectivity index (χ2v) is 4.99. The van der Waals surface area contributed by atoms with E-state index in [1.807, 2.05) is 25.1 Å². The summed E-state index contributed by atoms with van der Waals surface area (Å²) in [6.07, 6.45) is 1.29. The molecule has 0 aromatic heterocycles. The number of aliphatic hydroxyl groups excluding tert-OH is 1. The predicted octanol–water partition coefficient (Wildman–Crippen LogP) is 2.03. The van der Waals surface area contributed by atoms with Crippen LogP contribution in [-0.4, -0.2) is 38.1 Å². The summed E-state index contributed by atoms with van der Waals surface area (Å²) in [6, 6.07) is 5.75. The molecule has 0 aliphatic carbocycles. The van der Waals surface area contributed by atoms with Crippen LogP contribution < -0.4 is 9.47 Å². The van der Waals surface area contributed by atoms with Gasteiger partial charge in [0.05, 0.1) is 26.4 Å². The Balaban J connectivity index is 2.06. The Morgan fingerprint density at radius 2 is 2.05 bits per heavy atom. The van der Waals surface area contributed by atoms with Crippen molar-refractivity contribution in [2.24, 2.45) is 5.92 Å². The van der Waals surface area contributed by atoms with Crippen LogP contribution >= 0.6 is 0 Å². The molecule has 1 fully saturated rings. The fourth-order valence-corrected chi connectivity index (χ4v) is 2.65. The smallest absolute Gasteiger partial charge is 0.160 e. The molecule has 1 saturated heterocycles. The lowest BCUT2D eigenvalue weighted by molar-refractivity contribution is 0.0440. The van der Waals surface area contributed by atoms with Crippen molar-refractivity contribution >= 4 is 0 Å². The molecule has 4 nitrogen and oxygen atoms in total. The fraction of sp³-hybridized carbons (Fsp3) is 0.600.